The van der Waals surface area contributed by atoms with E-state index in [0.717, 1.165) is 18.7 Å². The van der Waals surface area contributed by atoms with Crippen LogP contribution < -0.4 is 0 Å². The van der Waals surface area contributed by atoms with Crippen molar-refractivity contribution in [3.63, 3.8) is 0 Å². The fraction of sp³-hybridized carbons (Fsp3) is 0.333. The van der Waals surface area contributed by atoms with Crippen LogP contribution in [-0.4, -0.2) is 5.11 Å². The van der Waals surface area contributed by atoms with Crippen LogP contribution in [0.3, 0.4) is 0 Å². The molecule has 0 bridgehead atoms. The highest BCUT2D eigenvalue weighted by Gasteiger charge is 2.24. The summed E-state index contributed by atoms with van der Waals surface area (Å²) in [6.07, 6.45) is -0.604. The largest absolute Gasteiger partial charge is 0.384 e. The van der Waals surface area contributed by atoms with Crippen molar-refractivity contribution in [2.75, 3.05) is 0 Å². The number of hydrogen-bond acceptors (Lipinski definition) is 2. The van der Waals surface area contributed by atoms with E-state index in [9.17, 15) is 5.11 Å². The predicted octanol–water partition coefficient (Wildman–Crippen LogP) is 5.65. The van der Waals surface area contributed by atoms with Crippen molar-refractivity contribution in [2.45, 2.75) is 32.3 Å². The van der Waals surface area contributed by atoms with Crippen molar-refractivity contribution in [1.29, 1.82) is 0 Å². The topological polar surface area (TPSA) is 20.2 Å². The van der Waals surface area contributed by atoms with Crippen LogP contribution in [0.1, 0.15) is 43.6 Å². The fourth-order valence-electron chi connectivity index (χ4n) is 2.13. The Bertz CT molecular complexity index is 584. The molecule has 1 aromatic heterocycles. The Balaban J connectivity index is 2.50. The summed E-state index contributed by atoms with van der Waals surface area (Å²) >= 11 is 8.56. The summed E-state index contributed by atoms with van der Waals surface area (Å²) in [5.41, 5.74) is 3.07. The third-order valence-corrected chi connectivity index (χ3v) is 5.43. The van der Waals surface area contributed by atoms with Gasteiger partial charge in [0, 0.05) is 5.56 Å². The van der Waals surface area contributed by atoms with Crippen molar-refractivity contribution < 1.29 is 5.11 Å². The fourth-order valence-corrected chi connectivity index (χ4v) is 5.01. The standard InChI is InChI=1S/C15H16Br2OS/c1-15(2,3)11-7-5-4-6-9(11)13(18)10-8-12(16)19-14(10)17/h4-8,13,18H,1-3H3. The van der Waals surface area contributed by atoms with Gasteiger partial charge >= 0.3 is 0 Å². The van der Waals surface area contributed by atoms with Gasteiger partial charge < -0.3 is 5.11 Å². The summed E-state index contributed by atoms with van der Waals surface area (Å²) < 4.78 is 1.98. The molecule has 1 atom stereocenters. The molecule has 1 nitrogen and oxygen atoms in total. The van der Waals surface area contributed by atoms with Crippen molar-refractivity contribution in [3.8, 4) is 0 Å². The van der Waals surface area contributed by atoms with E-state index in [1.807, 2.05) is 24.3 Å². The highest BCUT2D eigenvalue weighted by atomic mass is 79.9. The van der Waals surface area contributed by atoms with Crippen LogP contribution in [-0.2, 0) is 5.41 Å². The molecule has 2 aromatic rings. The first kappa shape index (κ1) is 15.2. The normalized spacial score (nSPS) is 13.6. The quantitative estimate of drug-likeness (QED) is 0.686. The lowest BCUT2D eigenvalue weighted by Crippen LogP contribution is -2.16. The maximum absolute atomic E-state index is 10.7. The van der Waals surface area contributed by atoms with Crippen LogP contribution >= 0.6 is 43.2 Å². The first-order valence-electron chi connectivity index (χ1n) is 6.03. The summed E-state index contributed by atoms with van der Waals surface area (Å²) in [4.78, 5) is 0. The van der Waals surface area contributed by atoms with Gasteiger partial charge in [0.1, 0.15) is 6.10 Å². The van der Waals surface area contributed by atoms with E-state index in [4.69, 9.17) is 0 Å². The lowest BCUT2D eigenvalue weighted by atomic mass is 9.81. The van der Waals surface area contributed by atoms with E-state index in [2.05, 4.69) is 58.7 Å². The molecule has 1 heterocycles. The smallest absolute Gasteiger partial charge is 0.106 e. The molecular weight excluding hydrogens is 388 g/mol. The second-order valence-electron chi connectivity index (χ2n) is 5.52. The molecule has 0 fully saturated rings. The molecular formula is C15H16Br2OS. The molecule has 0 aliphatic heterocycles. The van der Waals surface area contributed by atoms with E-state index in [-0.39, 0.29) is 5.41 Å². The lowest BCUT2D eigenvalue weighted by Gasteiger charge is -2.25. The van der Waals surface area contributed by atoms with Crippen molar-refractivity contribution in [3.05, 3.63) is 54.6 Å². The van der Waals surface area contributed by atoms with E-state index in [1.54, 1.807) is 11.3 Å². The van der Waals surface area contributed by atoms with Crippen LogP contribution in [0.2, 0.25) is 0 Å². The summed E-state index contributed by atoms with van der Waals surface area (Å²) in [7, 11) is 0. The van der Waals surface area contributed by atoms with Gasteiger partial charge in [0.05, 0.1) is 7.57 Å². The predicted molar refractivity (Wildman–Crippen MR) is 88.9 cm³/mol. The molecule has 2 rings (SSSR count). The Morgan fingerprint density at radius 2 is 1.74 bits per heavy atom. The molecule has 19 heavy (non-hydrogen) atoms. The number of aliphatic hydroxyl groups is 1. The molecule has 0 amide bonds. The van der Waals surface area contributed by atoms with Gasteiger partial charge in [-0.15, -0.1) is 11.3 Å². The van der Waals surface area contributed by atoms with Crippen LogP contribution in [0.15, 0.2) is 37.9 Å². The van der Waals surface area contributed by atoms with Crippen molar-refractivity contribution >= 4 is 43.2 Å². The monoisotopic (exact) mass is 402 g/mol. The average molecular weight is 404 g/mol. The molecule has 102 valence electrons. The summed E-state index contributed by atoms with van der Waals surface area (Å²) in [6.45, 7) is 6.49. The third-order valence-electron chi connectivity index (χ3n) is 3.04. The van der Waals surface area contributed by atoms with Gasteiger partial charge in [-0.1, -0.05) is 45.0 Å². The maximum atomic E-state index is 10.7. The molecule has 0 spiro atoms. The first-order valence-corrected chi connectivity index (χ1v) is 8.43. The van der Waals surface area contributed by atoms with Gasteiger partial charge in [0.2, 0.25) is 0 Å². The summed E-state index contributed by atoms with van der Waals surface area (Å²) in [6, 6.07) is 10.1. The summed E-state index contributed by atoms with van der Waals surface area (Å²) in [5, 5.41) is 10.7. The van der Waals surface area contributed by atoms with Gasteiger partial charge in [-0.2, -0.15) is 0 Å². The van der Waals surface area contributed by atoms with Gasteiger partial charge in [0.15, 0.2) is 0 Å². The van der Waals surface area contributed by atoms with E-state index in [1.165, 1.54) is 5.56 Å². The van der Waals surface area contributed by atoms with E-state index >= 15 is 0 Å². The number of aliphatic hydroxyl groups excluding tert-OH is 1. The van der Waals surface area contributed by atoms with Crippen molar-refractivity contribution in [1.82, 2.24) is 0 Å². The maximum Gasteiger partial charge on any atom is 0.106 e. The van der Waals surface area contributed by atoms with Crippen LogP contribution in [0.5, 0.6) is 0 Å². The SMILES string of the molecule is CC(C)(C)c1ccccc1C(O)c1cc(Br)sc1Br. The Morgan fingerprint density at radius 1 is 1.11 bits per heavy atom. The molecule has 0 saturated carbocycles. The highest BCUT2D eigenvalue weighted by Crippen LogP contribution is 2.40. The zero-order valence-corrected chi connectivity index (χ0v) is 15.1. The van der Waals surface area contributed by atoms with Crippen LogP contribution in [0.25, 0.3) is 0 Å². The van der Waals surface area contributed by atoms with Crippen LogP contribution in [0, 0.1) is 0 Å². The zero-order chi connectivity index (χ0) is 14.2. The Morgan fingerprint density at radius 3 is 2.26 bits per heavy atom. The minimum Gasteiger partial charge on any atom is -0.384 e. The first-order chi connectivity index (χ1) is 8.80. The Labute approximate surface area is 134 Å². The van der Waals surface area contributed by atoms with Crippen molar-refractivity contribution in [2.24, 2.45) is 0 Å². The Hall–Kier alpha value is -0.160. The molecule has 0 aliphatic rings. The minimum absolute atomic E-state index is 0.0112. The number of hydrogen-bond donors (Lipinski definition) is 1. The minimum atomic E-state index is -0.604. The molecule has 0 radical (unpaired) electrons. The lowest BCUT2D eigenvalue weighted by molar-refractivity contribution is 0.217. The van der Waals surface area contributed by atoms with Gasteiger partial charge in [-0.25, -0.2) is 0 Å². The molecule has 1 aromatic carbocycles. The number of thiophene rings is 1. The molecule has 4 heteroatoms. The highest BCUT2D eigenvalue weighted by molar-refractivity contribution is 9.12. The summed E-state index contributed by atoms with van der Waals surface area (Å²) in [5.74, 6) is 0. The Kier molecular flexibility index (Phi) is 4.56. The molecule has 1 unspecified atom stereocenters. The van der Waals surface area contributed by atoms with Gasteiger partial charge in [0.25, 0.3) is 0 Å². The number of rotatable bonds is 2. The molecule has 1 N–H and O–H groups in total. The second kappa shape index (κ2) is 5.68. The average Bonchev–Trinajstić information content (AvgIpc) is 2.66. The van der Waals surface area contributed by atoms with E-state index < -0.39 is 6.10 Å². The number of benzene rings is 1. The molecule has 0 saturated heterocycles. The third kappa shape index (κ3) is 3.30. The van der Waals surface area contributed by atoms with Crippen LogP contribution in [0.4, 0.5) is 0 Å². The second-order valence-corrected chi connectivity index (χ2v) is 9.27. The number of halogens is 2. The van der Waals surface area contributed by atoms with Gasteiger partial charge in [-0.3, -0.25) is 0 Å². The van der Waals surface area contributed by atoms with E-state index in [0.29, 0.717) is 0 Å². The van der Waals surface area contributed by atoms with Gasteiger partial charge in [-0.05, 0) is 54.5 Å². The molecule has 0 aliphatic carbocycles. The zero-order valence-electron chi connectivity index (χ0n) is 11.1.